The average Bonchev–Trinajstić information content (AvgIpc) is 2.41. The second-order valence-electron chi connectivity index (χ2n) is 3.70. The lowest BCUT2D eigenvalue weighted by Crippen LogP contribution is -2.08. The largest absolute Gasteiger partial charge is 0.298 e. The Kier molecular flexibility index (Phi) is 3.24. The first-order chi connectivity index (χ1) is 9.36. The minimum absolute atomic E-state index is 0.462. The predicted octanol–water partition coefficient (Wildman–Crippen LogP) is 3.30. The summed E-state index contributed by atoms with van der Waals surface area (Å²) in [5.74, 6) is -12.2. The molecule has 0 aliphatic rings. The fraction of sp³-hybridized carbons (Fsp3) is 0. The Bertz CT molecular complexity index is 704. The van der Waals surface area contributed by atoms with E-state index in [0.717, 1.165) is 0 Å². The van der Waals surface area contributed by atoms with Crippen LogP contribution in [0.1, 0.15) is 20.7 Å². The number of rotatable bonds is 2. The van der Waals surface area contributed by atoms with Crippen molar-refractivity contribution in [3.8, 4) is 0 Å². The molecule has 0 N–H and O–H groups in total. The van der Waals surface area contributed by atoms with E-state index in [1.807, 2.05) is 0 Å². The van der Waals surface area contributed by atoms with Crippen molar-refractivity contribution in [2.45, 2.75) is 0 Å². The second-order valence-corrected chi connectivity index (χ2v) is 3.70. The zero-order valence-corrected chi connectivity index (χ0v) is 9.24. The van der Waals surface area contributed by atoms with E-state index in [0.29, 0.717) is 0 Å². The van der Waals surface area contributed by atoms with E-state index in [4.69, 9.17) is 0 Å². The van der Waals surface area contributed by atoms with E-state index >= 15 is 0 Å². The van der Waals surface area contributed by atoms with Gasteiger partial charge in [0.1, 0.15) is 11.6 Å². The van der Waals surface area contributed by atoms with Crippen molar-refractivity contribution in [1.82, 2.24) is 0 Å². The minimum Gasteiger partial charge on any atom is -0.298 e. The maximum Gasteiger partial charge on any atom is 0.173 e. The third kappa shape index (κ3) is 1.60. The molecule has 0 atom stereocenters. The van der Waals surface area contributed by atoms with Gasteiger partial charge in [-0.2, -0.15) is 0 Å². The van der Waals surface area contributed by atoms with Gasteiger partial charge >= 0.3 is 0 Å². The number of carbonyl (C=O) groups excluding carboxylic acids is 2. The topological polar surface area (TPSA) is 34.1 Å². The van der Waals surface area contributed by atoms with Crippen LogP contribution in [0.25, 0.3) is 10.8 Å². The van der Waals surface area contributed by atoms with Gasteiger partial charge in [0.05, 0.1) is 21.9 Å². The molecule has 0 heterocycles. The molecule has 2 aromatic rings. The highest BCUT2D eigenvalue weighted by atomic mass is 19.2. The zero-order valence-electron chi connectivity index (χ0n) is 9.24. The molecular weight excluding hydrogens is 290 g/mol. The summed E-state index contributed by atoms with van der Waals surface area (Å²) in [5, 5.41) is -3.15. The molecule has 8 heteroatoms. The summed E-state index contributed by atoms with van der Waals surface area (Å²) in [6.45, 7) is 0. The van der Waals surface area contributed by atoms with Crippen LogP contribution in [0.5, 0.6) is 0 Å². The molecule has 2 nitrogen and oxygen atoms in total. The molecule has 0 saturated heterocycles. The first-order valence-electron chi connectivity index (χ1n) is 4.93. The maximum absolute atomic E-state index is 13.7. The summed E-state index contributed by atoms with van der Waals surface area (Å²) in [4.78, 5) is 20.9. The molecule has 20 heavy (non-hydrogen) atoms. The van der Waals surface area contributed by atoms with Gasteiger partial charge in [0, 0.05) is 0 Å². The number of fused-ring (bicyclic) bond motifs is 1. The fourth-order valence-electron chi connectivity index (χ4n) is 1.76. The van der Waals surface area contributed by atoms with Crippen molar-refractivity contribution < 1.29 is 35.9 Å². The Hall–Kier alpha value is -2.38. The third-order valence-electron chi connectivity index (χ3n) is 2.69. The molecule has 0 amide bonds. The Morgan fingerprint density at radius 3 is 1.05 bits per heavy atom. The lowest BCUT2D eigenvalue weighted by molar-refractivity contribution is 0.110. The summed E-state index contributed by atoms with van der Waals surface area (Å²) in [6, 6.07) is 0. The molecule has 0 bridgehead atoms. The van der Waals surface area contributed by atoms with Crippen LogP contribution in [0, 0.1) is 34.9 Å². The number of aldehydes is 2. The molecule has 0 unspecified atom stereocenters. The zero-order chi connectivity index (χ0) is 15.2. The van der Waals surface area contributed by atoms with Crippen molar-refractivity contribution in [3.05, 3.63) is 46.0 Å². The highest BCUT2D eigenvalue weighted by molar-refractivity contribution is 5.95. The highest BCUT2D eigenvalue weighted by Gasteiger charge is 2.29. The molecule has 0 radical (unpaired) electrons. The molecule has 0 spiro atoms. The summed E-state index contributed by atoms with van der Waals surface area (Å²) >= 11 is 0. The van der Waals surface area contributed by atoms with E-state index in [1.165, 1.54) is 0 Å². The summed E-state index contributed by atoms with van der Waals surface area (Å²) < 4.78 is 81.1. The first-order valence-corrected chi connectivity index (χ1v) is 4.93. The van der Waals surface area contributed by atoms with E-state index in [9.17, 15) is 35.9 Å². The summed E-state index contributed by atoms with van der Waals surface area (Å²) in [6.07, 6.45) is -0.924. The first kappa shape index (κ1) is 14.0. The van der Waals surface area contributed by atoms with Crippen molar-refractivity contribution >= 4 is 23.3 Å². The highest BCUT2D eigenvalue weighted by Crippen LogP contribution is 2.33. The van der Waals surface area contributed by atoms with Crippen molar-refractivity contribution in [2.24, 2.45) is 0 Å². The van der Waals surface area contributed by atoms with Crippen LogP contribution in [0.2, 0.25) is 0 Å². The quantitative estimate of drug-likeness (QED) is 0.483. The Balaban J connectivity index is 3.23. The molecule has 0 saturated carbocycles. The molecule has 2 rings (SSSR count). The van der Waals surface area contributed by atoms with Crippen LogP contribution in [0.4, 0.5) is 26.3 Å². The van der Waals surface area contributed by atoms with E-state index in [2.05, 4.69) is 0 Å². The molecular formula is C12H2F6O2. The fourth-order valence-corrected chi connectivity index (χ4v) is 1.76. The predicted molar refractivity (Wildman–Crippen MR) is 54.5 cm³/mol. The van der Waals surface area contributed by atoms with E-state index < -0.39 is 69.4 Å². The van der Waals surface area contributed by atoms with Gasteiger partial charge in [-0.1, -0.05) is 0 Å². The van der Waals surface area contributed by atoms with Crippen molar-refractivity contribution in [3.63, 3.8) is 0 Å². The van der Waals surface area contributed by atoms with Gasteiger partial charge in [0.2, 0.25) is 0 Å². The number of benzene rings is 2. The number of hydrogen-bond acceptors (Lipinski definition) is 2. The Morgan fingerprint density at radius 2 is 0.800 bits per heavy atom. The molecule has 0 aliphatic heterocycles. The molecule has 2 aromatic carbocycles. The van der Waals surface area contributed by atoms with Crippen LogP contribution in [-0.2, 0) is 0 Å². The maximum atomic E-state index is 13.7. The normalized spacial score (nSPS) is 10.9. The van der Waals surface area contributed by atoms with Gasteiger partial charge in [-0.05, 0) is 0 Å². The van der Waals surface area contributed by atoms with Crippen LogP contribution in [-0.4, -0.2) is 12.6 Å². The van der Waals surface area contributed by atoms with Crippen molar-refractivity contribution in [1.29, 1.82) is 0 Å². The molecule has 0 fully saturated rings. The number of halogens is 6. The summed E-state index contributed by atoms with van der Waals surface area (Å²) in [7, 11) is 0. The Labute approximate surface area is 106 Å². The second kappa shape index (κ2) is 4.62. The third-order valence-corrected chi connectivity index (χ3v) is 2.69. The van der Waals surface area contributed by atoms with Gasteiger partial charge < -0.3 is 0 Å². The molecule has 0 aliphatic carbocycles. The van der Waals surface area contributed by atoms with Gasteiger partial charge in [-0.15, -0.1) is 0 Å². The lowest BCUT2D eigenvalue weighted by atomic mass is 10.0. The van der Waals surface area contributed by atoms with Crippen LogP contribution in [0.3, 0.4) is 0 Å². The number of hydrogen-bond donors (Lipinski definition) is 0. The van der Waals surface area contributed by atoms with Crippen LogP contribution < -0.4 is 0 Å². The van der Waals surface area contributed by atoms with Gasteiger partial charge in [0.15, 0.2) is 35.8 Å². The summed E-state index contributed by atoms with van der Waals surface area (Å²) in [5.41, 5.74) is -3.02. The standard InChI is InChI=1S/C12H2F6O2/c13-7-3(1-19)9(15)11(17)6-5(7)12(18)10(16)4(2-20)8(6)14/h1-2H. The van der Waals surface area contributed by atoms with Crippen molar-refractivity contribution in [2.75, 3.05) is 0 Å². The van der Waals surface area contributed by atoms with Gasteiger partial charge in [-0.3, -0.25) is 9.59 Å². The lowest BCUT2D eigenvalue weighted by Gasteiger charge is -2.10. The molecule has 104 valence electrons. The van der Waals surface area contributed by atoms with Gasteiger partial charge in [0.25, 0.3) is 0 Å². The Morgan fingerprint density at radius 1 is 0.500 bits per heavy atom. The number of carbonyl (C=O) groups is 2. The smallest absolute Gasteiger partial charge is 0.173 e. The van der Waals surface area contributed by atoms with Gasteiger partial charge in [-0.25, -0.2) is 26.3 Å². The van der Waals surface area contributed by atoms with E-state index in [1.54, 1.807) is 0 Å². The molecule has 0 aromatic heterocycles. The van der Waals surface area contributed by atoms with E-state index in [-0.39, 0.29) is 0 Å². The van der Waals surface area contributed by atoms with Crippen LogP contribution in [0.15, 0.2) is 0 Å². The minimum atomic E-state index is -2.09. The SMILES string of the molecule is O=Cc1c(F)c(F)c2c(F)c(C=O)c(F)c(F)c2c1F. The van der Waals surface area contributed by atoms with Crippen LogP contribution >= 0.6 is 0 Å². The monoisotopic (exact) mass is 292 g/mol. The average molecular weight is 292 g/mol.